The Morgan fingerprint density at radius 2 is 1.67 bits per heavy atom. The second kappa shape index (κ2) is 14.8. The van der Waals surface area contributed by atoms with Gasteiger partial charge in [0.05, 0.1) is 24.0 Å². The maximum atomic E-state index is 13.8. The third-order valence-corrected chi connectivity index (χ3v) is 8.26. The number of halogens is 1. The highest BCUT2D eigenvalue weighted by Crippen LogP contribution is 2.45. The van der Waals surface area contributed by atoms with Crippen LogP contribution in [0.4, 0.5) is 10.1 Å². The van der Waals surface area contributed by atoms with Gasteiger partial charge in [-0.2, -0.15) is 0 Å². The van der Waals surface area contributed by atoms with Gasteiger partial charge in [-0.05, 0) is 96.7 Å². The quantitative estimate of drug-likeness (QED) is 0.157. The lowest BCUT2D eigenvalue weighted by Crippen LogP contribution is -2.41. The van der Waals surface area contributed by atoms with Crippen LogP contribution in [-0.2, 0) is 20.7 Å². The number of hydrogen-bond donors (Lipinski definition) is 0. The van der Waals surface area contributed by atoms with E-state index in [0.717, 1.165) is 71.0 Å². The molecule has 4 rings (SSSR count). The van der Waals surface area contributed by atoms with Gasteiger partial charge >= 0.3 is 5.97 Å². The Morgan fingerprint density at radius 1 is 1.04 bits per heavy atom. The number of pyridine rings is 1. The van der Waals surface area contributed by atoms with Gasteiger partial charge in [0.1, 0.15) is 11.6 Å². The first-order valence-electron chi connectivity index (χ1n) is 16.2. The van der Waals surface area contributed by atoms with Crippen LogP contribution < -0.4 is 9.64 Å². The molecule has 248 valence electrons. The third kappa shape index (κ3) is 8.93. The van der Waals surface area contributed by atoms with Crippen molar-refractivity contribution in [2.45, 2.75) is 92.5 Å². The number of carbonyl (C=O) groups is 1. The zero-order chi connectivity index (χ0) is 33.6. The second-order valence-corrected chi connectivity index (χ2v) is 13.8. The van der Waals surface area contributed by atoms with Gasteiger partial charge in [-0.1, -0.05) is 31.2 Å². The molecule has 0 amide bonds. The summed E-state index contributed by atoms with van der Waals surface area (Å²) < 4.78 is 31.6. The molecule has 7 nitrogen and oxygen atoms in total. The van der Waals surface area contributed by atoms with Gasteiger partial charge in [0.15, 0.2) is 6.10 Å². The van der Waals surface area contributed by atoms with E-state index in [0.29, 0.717) is 13.0 Å². The highest BCUT2D eigenvalue weighted by atomic mass is 19.1. The molecule has 1 aromatic heterocycles. The molecular weight excluding hydrogens is 581 g/mol. The second-order valence-electron chi connectivity index (χ2n) is 13.8. The molecule has 0 saturated carbocycles. The third-order valence-electron chi connectivity index (χ3n) is 8.26. The van der Waals surface area contributed by atoms with Crippen LogP contribution in [0.15, 0.2) is 53.5 Å². The number of aryl methyl sites for hydroxylation is 2. The minimum absolute atomic E-state index is 0.00742. The summed E-state index contributed by atoms with van der Waals surface area (Å²) in [6, 6.07) is 14.5. The van der Waals surface area contributed by atoms with Crippen LogP contribution in [0.1, 0.15) is 83.0 Å². The number of carbonyl (C=O) groups excluding carboxylic acids is 1. The summed E-state index contributed by atoms with van der Waals surface area (Å²) in [5, 5.41) is 0. The molecular formula is C38H50FN3O4. The lowest BCUT2D eigenvalue weighted by Gasteiger charge is -2.41. The van der Waals surface area contributed by atoms with E-state index in [1.807, 2.05) is 79.8 Å². The Kier molecular flexibility index (Phi) is 11.3. The molecule has 1 aliphatic rings. The zero-order valence-corrected chi connectivity index (χ0v) is 28.9. The predicted molar refractivity (Wildman–Crippen MR) is 184 cm³/mol. The highest BCUT2D eigenvalue weighted by molar-refractivity contribution is 5.88. The van der Waals surface area contributed by atoms with Crippen molar-refractivity contribution in [2.24, 2.45) is 10.4 Å². The van der Waals surface area contributed by atoms with E-state index in [1.165, 1.54) is 12.1 Å². The molecule has 1 atom stereocenters. The van der Waals surface area contributed by atoms with E-state index < -0.39 is 17.7 Å². The zero-order valence-electron chi connectivity index (χ0n) is 28.9. The SMILES string of the molecule is C/N=C/C1(C)CCN(c2c(-c3ccc(OCCc4ccc(F)cc4)cc3)c(C)nc(C)c2[C@H](OC(C)(C)C)C(=O)OC(C)C)CC1. The lowest BCUT2D eigenvalue weighted by atomic mass is 9.81. The average Bonchev–Trinajstić information content (AvgIpc) is 2.97. The fourth-order valence-electron chi connectivity index (χ4n) is 6.04. The van der Waals surface area contributed by atoms with Gasteiger partial charge in [0, 0.05) is 60.7 Å². The molecule has 1 aliphatic heterocycles. The summed E-state index contributed by atoms with van der Waals surface area (Å²) in [5.41, 5.74) is 5.67. The molecule has 0 spiro atoms. The fraction of sp³-hybridized carbons (Fsp3) is 0.500. The number of ether oxygens (including phenoxy) is 3. The van der Waals surface area contributed by atoms with Gasteiger partial charge < -0.3 is 24.1 Å². The summed E-state index contributed by atoms with van der Waals surface area (Å²) >= 11 is 0. The number of anilines is 1. The number of aliphatic imine (C=N–C) groups is 1. The monoisotopic (exact) mass is 631 g/mol. The molecule has 0 radical (unpaired) electrons. The van der Waals surface area contributed by atoms with E-state index in [4.69, 9.17) is 19.2 Å². The summed E-state index contributed by atoms with van der Waals surface area (Å²) in [4.78, 5) is 25.5. The first-order valence-corrected chi connectivity index (χ1v) is 16.2. The first kappa shape index (κ1) is 35.1. The number of aromatic nitrogens is 1. The van der Waals surface area contributed by atoms with Crippen LogP contribution in [-0.4, -0.2) is 55.6 Å². The van der Waals surface area contributed by atoms with Gasteiger partial charge in [-0.15, -0.1) is 0 Å². The number of benzene rings is 2. The average molecular weight is 632 g/mol. The molecule has 1 saturated heterocycles. The molecule has 0 N–H and O–H groups in total. The predicted octanol–water partition coefficient (Wildman–Crippen LogP) is 8.24. The molecule has 0 unspecified atom stereocenters. The lowest BCUT2D eigenvalue weighted by molar-refractivity contribution is -0.171. The normalized spacial score (nSPS) is 15.8. The van der Waals surface area contributed by atoms with Crippen molar-refractivity contribution in [1.29, 1.82) is 0 Å². The smallest absolute Gasteiger partial charge is 0.340 e. The van der Waals surface area contributed by atoms with Crippen LogP contribution in [0, 0.1) is 25.1 Å². The number of hydrogen-bond acceptors (Lipinski definition) is 7. The molecule has 2 aromatic carbocycles. The van der Waals surface area contributed by atoms with Gasteiger partial charge in [0.25, 0.3) is 0 Å². The molecule has 2 heterocycles. The van der Waals surface area contributed by atoms with E-state index >= 15 is 0 Å². The van der Waals surface area contributed by atoms with Crippen molar-refractivity contribution in [3.8, 4) is 16.9 Å². The summed E-state index contributed by atoms with van der Waals surface area (Å²) in [6.07, 6.45) is 3.34. The van der Waals surface area contributed by atoms with Crippen LogP contribution in [0.3, 0.4) is 0 Å². The van der Waals surface area contributed by atoms with Crippen molar-refractivity contribution >= 4 is 17.9 Å². The van der Waals surface area contributed by atoms with Crippen LogP contribution in [0.5, 0.6) is 5.75 Å². The van der Waals surface area contributed by atoms with E-state index in [1.54, 1.807) is 12.1 Å². The van der Waals surface area contributed by atoms with Crippen LogP contribution in [0.25, 0.3) is 11.1 Å². The van der Waals surface area contributed by atoms with Crippen LogP contribution >= 0.6 is 0 Å². The molecule has 8 heteroatoms. The van der Waals surface area contributed by atoms with Crippen molar-refractivity contribution in [2.75, 3.05) is 31.6 Å². The number of rotatable bonds is 11. The van der Waals surface area contributed by atoms with Crippen molar-refractivity contribution in [1.82, 2.24) is 4.98 Å². The number of nitrogens with zero attached hydrogens (tertiary/aromatic N) is 3. The Bertz CT molecular complexity index is 1500. The van der Waals surface area contributed by atoms with Gasteiger partial charge in [-0.25, -0.2) is 9.18 Å². The molecule has 0 bridgehead atoms. The van der Waals surface area contributed by atoms with Gasteiger partial charge in [-0.3, -0.25) is 4.98 Å². The Labute approximate surface area is 274 Å². The minimum atomic E-state index is -0.955. The minimum Gasteiger partial charge on any atom is -0.493 e. The summed E-state index contributed by atoms with van der Waals surface area (Å²) in [5.74, 6) is 0.0771. The first-order chi connectivity index (χ1) is 21.7. The standard InChI is InChI=1S/C38H50FN3O4/c1-25(2)45-36(43)35(46-37(5,6)7)33-27(4)41-26(3)32(34(33)42-21-19-38(8,20-22-42)24-40-9)29-12-16-31(17-13-29)44-23-18-28-10-14-30(39)15-11-28/h10-17,24-25,35H,18-23H2,1-9H3/b40-24+/t35-/m0/s1. The van der Waals surface area contributed by atoms with E-state index in [2.05, 4.69) is 23.0 Å². The van der Waals surface area contributed by atoms with Crippen molar-refractivity contribution in [3.05, 3.63) is 76.9 Å². The number of piperidine rings is 1. The van der Waals surface area contributed by atoms with Gasteiger partial charge in [0.2, 0.25) is 0 Å². The Balaban J connectivity index is 1.77. The Hall–Kier alpha value is -3.78. The van der Waals surface area contributed by atoms with Crippen LogP contribution in [0.2, 0.25) is 0 Å². The summed E-state index contributed by atoms with van der Waals surface area (Å²) in [6.45, 7) is 17.8. The molecule has 46 heavy (non-hydrogen) atoms. The van der Waals surface area contributed by atoms with E-state index in [-0.39, 0.29) is 17.3 Å². The molecule has 3 aromatic rings. The van der Waals surface area contributed by atoms with E-state index in [9.17, 15) is 9.18 Å². The maximum absolute atomic E-state index is 13.8. The summed E-state index contributed by atoms with van der Waals surface area (Å²) in [7, 11) is 1.83. The largest absolute Gasteiger partial charge is 0.493 e. The maximum Gasteiger partial charge on any atom is 0.340 e. The topological polar surface area (TPSA) is 73.3 Å². The number of esters is 1. The van der Waals surface area contributed by atoms with Crippen molar-refractivity contribution in [3.63, 3.8) is 0 Å². The fourth-order valence-corrected chi connectivity index (χ4v) is 6.04. The highest BCUT2D eigenvalue weighted by Gasteiger charge is 2.38. The van der Waals surface area contributed by atoms with Crippen molar-refractivity contribution < 1.29 is 23.4 Å². The molecule has 1 fully saturated rings. The Morgan fingerprint density at radius 3 is 2.24 bits per heavy atom. The molecule has 0 aliphatic carbocycles.